The van der Waals surface area contributed by atoms with Gasteiger partial charge in [-0.15, -0.1) is 0 Å². The van der Waals surface area contributed by atoms with Crippen molar-refractivity contribution < 1.29 is 15.0 Å². The van der Waals surface area contributed by atoms with Crippen LogP contribution in [0.2, 0.25) is 0 Å². The number of piperazine rings is 1. The number of aliphatic hydroxyl groups is 1. The van der Waals surface area contributed by atoms with Gasteiger partial charge in [-0.1, -0.05) is 6.92 Å². The van der Waals surface area contributed by atoms with Crippen molar-refractivity contribution in [3.63, 3.8) is 0 Å². The Morgan fingerprint density at radius 1 is 0.903 bits per heavy atom. The number of benzene rings is 2. The lowest BCUT2D eigenvalue weighted by molar-refractivity contribution is 0.0652. The van der Waals surface area contributed by atoms with Crippen molar-refractivity contribution in [3.05, 3.63) is 48.5 Å². The molecule has 0 aromatic heterocycles. The molecule has 8 heteroatoms. The summed E-state index contributed by atoms with van der Waals surface area (Å²) in [4.78, 5) is 19.2. The molecule has 0 aliphatic carbocycles. The number of amides is 2. The average molecular weight is 426 g/mol. The van der Waals surface area contributed by atoms with Gasteiger partial charge < -0.3 is 20.0 Å². The van der Waals surface area contributed by atoms with E-state index in [1.807, 2.05) is 31.2 Å². The minimum absolute atomic E-state index is 0.136. The standard InChI is InChI=1S/C23H31N5O3/c1-3-22(17(2)29)28-23(31)27(16-24-28)20-6-4-18(5-7-20)25-12-14-26(15-13-25)19-8-10-21(30)11-9-19/h4-11,17,22,24,29-30H,3,12-16H2,1-2H3/t17-,22-/m0/s1. The number of nitrogens with one attached hydrogen (secondary N) is 1. The first kappa shape index (κ1) is 21.3. The van der Waals surface area contributed by atoms with Gasteiger partial charge in [0.1, 0.15) is 5.75 Å². The van der Waals surface area contributed by atoms with Crippen molar-refractivity contribution in [2.24, 2.45) is 0 Å². The van der Waals surface area contributed by atoms with Gasteiger partial charge in [-0.05, 0) is 61.9 Å². The largest absolute Gasteiger partial charge is 0.508 e. The van der Waals surface area contributed by atoms with E-state index in [1.165, 1.54) is 0 Å². The Morgan fingerprint density at radius 2 is 1.39 bits per heavy atom. The number of hydrogen-bond acceptors (Lipinski definition) is 6. The summed E-state index contributed by atoms with van der Waals surface area (Å²) < 4.78 is 0. The van der Waals surface area contributed by atoms with Crippen molar-refractivity contribution in [1.82, 2.24) is 10.4 Å². The number of carbonyl (C=O) groups is 1. The van der Waals surface area contributed by atoms with E-state index in [1.54, 1.807) is 29.0 Å². The van der Waals surface area contributed by atoms with Gasteiger partial charge in [0.05, 0.1) is 18.8 Å². The van der Waals surface area contributed by atoms with E-state index in [0.29, 0.717) is 13.1 Å². The molecule has 0 radical (unpaired) electrons. The molecule has 2 fully saturated rings. The fourth-order valence-corrected chi connectivity index (χ4v) is 4.34. The zero-order valence-electron chi connectivity index (χ0n) is 18.1. The minimum atomic E-state index is -0.594. The van der Waals surface area contributed by atoms with Gasteiger partial charge in [0.25, 0.3) is 0 Å². The Hall–Kier alpha value is -2.97. The fourth-order valence-electron chi connectivity index (χ4n) is 4.34. The maximum absolute atomic E-state index is 12.8. The third kappa shape index (κ3) is 4.40. The Morgan fingerprint density at radius 3 is 1.87 bits per heavy atom. The molecule has 2 aliphatic heterocycles. The van der Waals surface area contributed by atoms with E-state index < -0.39 is 6.10 Å². The molecule has 4 rings (SSSR count). The van der Waals surface area contributed by atoms with Gasteiger partial charge in [0.15, 0.2) is 0 Å². The molecule has 2 aromatic carbocycles. The number of hydrazine groups is 1. The number of anilines is 3. The second-order valence-electron chi connectivity index (χ2n) is 8.12. The molecule has 3 N–H and O–H groups in total. The normalized spacial score (nSPS) is 19.1. The van der Waals surface area contributed by atoms with E-state index in [-0.39, 0.29) is 17.8 Å². The van der Waals surface area contributed by atoms with Crippen LogP contribution in [0.1, 0.15) is 20.3 Å². The number of carbonyl (C=O) groups excluding carboxylic acids is 1. The monoisotopic (exact) mass is 425 g/mol. The Labute approximate surface area is 183 Å². The first-order valence-corrected chi connectivity index (χ1v) is 10.9. The van der Waals surface area contributed by atoms with Gasteiger partial charge in [-0.3, -0.25) is 9.91 Å². The lowest BCUT2D eigenvalue weighted by atomic mass is 10.1. The van der Waals surface area contributed by atoms with E-state index in [9.17, 15) is 15.0 Å². The van der Waals surface area contributed by atoms with Gasteiger partial charge >= 0.3 is 6.03 Å². The van der Waals surface area contributed by atoms with Crippen LogP contribution in [0.15, 0.2) is 48.5 Å². The zero-order chi connectivity index (χ0) is 22.0. The number of urea groups is 1. The molecule has 166 valence electrons. The predicted octanol–water partition coefficient (Wildman–Crippen LogP) is 2.58. The number of rotatable bonds is 6. The molecule has 0 unspecified atom stereocenters. The van der Waals surface area contributed by atoms with Gasteiger partial charge in [-0.2, -0.15) is 0 Å². The van der Waals surface area contributed by atoms with Crippen LogP contribution in [0, 0.1) is 0 Å². The topological polar surface area (TPSA) is 82.5 Å². The molecule has 0 bridgehead atoms. The van der Waals surface area contributed by atoms with E-state index in [4.69, 9.17) is 0 Å². The molecule has 2 aromatic rings. The second kappa shape index (κ2) is 9.03. The maximum atomic E-state index is 12.8. The molecule has 2 aliphatic rings. The number of nitrogens with zero attached hydrogens (tertiary/aromatic N) is 4. The Kier molecular flexibility index (Phi) is 6.20. The molecule has 31 heavy (non-hydrogen) atoms. The van der Waals surface area contributed by atoms with E-state index in [0.717, 1.165) is 43.2 Å². The molecular formula is C23H31N5O3. The molecule has 8 nitrogen and oxygen atoms in total. The SMILES string of the molecule is CC[C@@H]([C@H](C)O)N1NCN(c2ccc(N3CCN(c4ccc(O)cc4)CC3)cc2)C1=O. The smallest absolute Gasteiger partial charge is 0.340 e. The Bertz CT molecular complexity index is 879. The molecule has 2 atom stereocenters. The van der Waals surface area contributed by atoms with Crippen LogP contribution in [-0.4, -0.2) is 66.2 Å². The van der Waals surface area contributed by atoms with E-state index in [2.05, 4.69) is 27.4 Å². The molecule has 2 amide bonds. The fraction of sp³-hybridized carbons (Fsp3) is 0.435. The summed E-state index contributed by atoms with van der Waals surface area (Å²) in [7, 11) is 0. The van der Waals surface area contributed by atoms with Crippen LogP contribution in [0.4, 0.5) is 21.9 Å². The van der Waals surface area contributed by atoms with Crippen molar-refractivity contribution >= 4 is 23.1 Å². The highest BCUT2D eigenvalue weighted by Gasteiger charge is 2.35. The quantitative estimate of drug-likeness (QED) is 0.660. The third-order valence-corrected chi connectivity index (χ3v) is 6.16. The highest BCUT2D eigenvalue weighted by Crippen LogP contribution is 2.26. The summed E-state index contributed by atoms with van der Waals surface area (Å²) in [5.41, 5.74) is 6.21. The van der Waals surface area contributed by atoms with Crippen LogP contribution in [0.5, 0.6) is 5.75 Å². The molecule has 2 heterocycles. The summed E-state index contributed by atoms with van der Waals surface area (Å²) in [6.07, 6.45) is 0.0864. The molecular weight excluding hydrogens is 394 g/mol. The summed E-state index contributed by atoms with van der Waals surface area (Å²) in [6.45, 7) is 7.71. The van der Waals surface area contributed by atoms with Gasteiger partial charge in [0.2, 0.25) is 0 Å². The lowest BCUT2D eigenvalue weighted by Gasteiger charge is -2.37. The predicted molar refractivity (Wildman–Crippen MR) is 122 cm³/mol. The summed E-state index contributed by atoms with van der Waals surface area (Å²) in [5.74, 6) is 0.286. The first-order chi connectivity index (χ1) is 15.0. The van der Waals surface area contributed by atoms with Crippen LogP contribution in [0.25, 0.3) is 0 Å². The maximum Gasteiger partial charge on any atom is 0.340 e. The molecule has 0 spiro atoms. The van der Waals surface area contributed by atoms with Crippen molar-refractivity contribution in [2.45, 2.75) is 32.4 Å². The zero-order valence-corrected chi connectivity index (χ0v) is 18.1. The third-order valence-electron chi connectivity index (χ3n) is 6.16. The van der Waals surface area contributed by atoms with Crippen LogP contribution in [0.3, 0.4) is 0 Å². The van der Waals surface area contributed by atoms with Gasteiger partial charge in [-0.25, -0.2) is 10.2 Å². The number of phenols is 1. The number of hydrogen-bond donors (Lipinski definition) is 3. The van der Waals surface area contributed by atoms with Crippen molar-refractivity contribution in [3.8, 4) is 5.75 Å². The summed E-state index contributed by atoms with van der Waals surface area (Å²) in [5, 5.41) is 21.0. The Balaban J connectivity index is 1.37. The average Bonchev–Trinajstić information content (AvgIpc) is 3.16. The minimum Gasteiger partial charge on any atom is -0.508 e. The van der Waals surface area contributed by atoms with Crippen molar-refractivity contribution in [2.75, 3.05) is 47.5 Å². The van der Waals surface area contributed by atoms with E-state index >= 15 is 0 Å². The first-order valence-electron chi connectivity index (χ1n) is 10.9. The number of aromatic hydroxyl groups is 1. The van der Waals surface area contributed by atoms with Crippen LogP contribution < -0.4 is 20.1 Å². The van der Waals surface area contributed by atoms with Gasteiger partial charge in [0, 0.05) is 43.2 Å². The number of aliphatic hydroxyl groups excluding tert-OH is 1. The highest BCUT2D eigenvalue weighted by atomic mass is 16.3. The summed E-state index contributed by atoms with van der Waals surface area (Å²) >= 11 is 0. The van der Waals surface area contributed by atoms with Crippen LogP contribution >= 0.6 is 0 Å². The second-order valence-corrected chi connectivity index (χ2v) is 8.12. The number of phenolic OH excluding ortho intramolecular Hbond substituents is 1. The van der Waals surface area contributed by atoms with Crippen molar-refractivity contribution in [1.29, 1.82) is 0 Å². The molecule has 0 saturated carbocycles. The molecule has 2 saturated heterocycles. The van der Waals surface area contributed by atoms with Crippen LogP contribution in [-0.2, 0) is 0 Å². The highest BCUT2D eigenvalue weighted by molar-refractivity contribution is 5.93. The summed E-state index contributed by atoms with van der Waals surface area (Å²) in [6, 6.07) is 15.0. The lowest BCUT2D eigenvalue weighted by Crippen LogP contribution is -2.48.